The molecule has 1 amide bonds. The second kappa shape index (κ2) is 4.54. The van der Waals surface area contributed by atoms with Gasteiger partial charge in [-0.2, -0.15) is 10.1 Å². The van der Waals surface area contributed by atoms with Crippen LogP contribution in [0.5, 0.6) is 0 Å². The minimum atomic E-state index is -0.716. The van der Waals surface area contributed by atoms with Gasteiger partial charge in [0.05, 0.1) is 0 Å². The zero-order valence-electron chi connectivity index (χ0n) is 8.42. The second-order valence-electron chi connectivity index (χ2n) is 3.21. The van der Waals surface area contributed by atoms with E-state index in [9.17, 15) is 4.79 Å². The van der Waals surface area contributed by atoms with Crippen LogP contribution in [0.4, 0.5) is 5.95 Å². The van der Waals surface area contributed by atoms with E-state index in [1.54, 1.807) is 12.1 Å². The van der Waals surface area contributed by atoms with Crippen LogP contribution in [0.15, 0.2) is 36.7 Å². The van der Waals surface area contributed by atoms with Crippen LogP contribution in [0, 0.1) is 0 Å². The third-order valence-corrected chi connectivity index (χ3v) is 2.10. The van der Waals surface area contributed by atoms with Crippen LogP contribution in [-0.2, 0) is 4.79 Å². The molecule has 0 bridgehead atoms. The van der Waals surface area contributed by atoms with E-state index in [0.717, 1.165) is 5.56 Å². The highest BCUT2D eigenvalue weighted by Gasteiger charge is 2.16. The van der Waals surface area contributed by atoms with Gasteiger partial charge in [0.2, 0.25) is 11.9 Å². The molecular formula is C10H11N5O. The maximum absolute atomic E-state index is 11.7. The molecule has 0 saturated heterocycles. The third-order valence-electron chi connectivity index (χ3n) is 2.10. The summed E-state index contributed by atoms with van der Waals surface area (Å²) in [6.45, 7) is 0. The van der Waals surface area contributed by atoms with Gasteiger partial charge in [0.25, 0.3) is 0 Å². The Kier molecular flexibility index (Phi) is 2.93. The number of nitrogens with one attached hydrogen (secondary N) is 2. The molecule has 2 aromatic rings. The first-order chi connectivity index (χ1) is 7.77. The second-order valence-corrected chi connectivity index (χ2v) is 3.21. The van der Waals surface area contributed by atoms with E-state index in [-0.39, 0.29) is 11.9 Å². The summed E-state index contributed by atoms with van der Waals surface area (Å²) in [5, 5.41) is 8.67. The molecule has 0 aliphatic carbocycles. The number of carbonyl (C=O) groups is 1. The van der Waals surface area contributed by atoms with Crippen LogP contribution in [0.1, 0.15) is 11.6 Å². The Bertz CT molecular complexity index is 453. The molecule has 1 atom stereocenters. The first-order valence-electron chi connectivity index (χ1n) is 4.74. The lowest BCUT2D eigenvalue weighted by Gasteiger charge is -2.10. The average Bonchev–Trinajstić information content (AvgIpc) is 2.82. The maximum atomic E-state index is 11.7. The zero-order valence-corrected chi connectivity index (χ0v) is 8.42. The van der Waals surface area contributed by atoms with Crippen LogP contribution in [0.25, 0.3) is 0 Å². The standard InChI is InChI=1S/C10H11N5O/c11-8(7-4-2-1-3-5-7)9(16)14-10-12-6-13-15-10/h1-6,8H,11H2,(H2,12,13,14,15,16). The quantitative estimate of drug-likeness (QED) is 0.695. The fourth-order valence-corrected chi connectivity index (χ4v) is 1.27. The van der Waals surface area contributed by atoms with Crippen LogP contribution >= 0.6 is 0 Å². The SMILES string of the molecule is NC(C(=O)Nc1ncn[nH]1)c1ccccc1. The van der Waals surface area contributed by atoms with E-state index >= 15 is 0 Å². The summed E-state index contributed by atoms with van der Waals surface area (Å²) in [6.07, 6.45) is 1.31. The smallest absolute Gasteiger partial charge is 0.248 e. The first kappa shape index (κ1) is 10.3. The normalized spacial score (nSPS) is 12.1. The molecule has 6 heteroatoms. The van der Waals surface area contributed by atoms with Crippen LogP contribution in [0.3, 0.4) is 0 Å². The van der Waals surface area contributed by atoms with Crippen molar-refractivity contribution in [2.45, 2.75) is 6.04 Å². The molecule has 16 heavy (non-hydrogen) atoms. The summed E-state index contributed by atoms with van der Waals surface area (Å²) in [4.78, 5) is 15.5. The molecule has 0 aliphatic rings. The minimum absolute atomic E-state index is 0.288. The number of hydrogen-bond acceptors (Lipinski definition) is 4. The predicted octanol–water partition coefficient (Wildman–Crippen LogP) is 0.443. The molecule has 1 aromatic heterocycles. The van der Waals surface area contributed by atoms with Gasteiger partial charge in [0.15, 0.2) is 0 Å². The summed E-state index contributed by atoms with van der Waals surface area (Å²) in [5.74, 6) is -0.0423. The fourth-order valence-electron chi connectivity index (χ4n) is 1.27. The van der Waals surface area contributed by atoms with E-state index in [2.05, 4.69) is 20.5 Å². The topological polar surface area (TPSA) is 96.7 Å². The van der Waals surface area contributed by atoms with Crippen molar-refractivity contribution < 1.29 is 4.79 Å². The van der Waals surface area contributed by atoms with Gasteiger partial charge in [-0.25, -0.2) is 5.10 Å². The van der Waals surface area contributed by atoms with Crippen molar-refractivity contribution in [2.24, 2.45) is 5.73 Å². The molecule has 0 aliphatic heterocycles. The van der Waals surface area contributed by atoms with Crippen LogP contribution < -0.4 is 11.1 Å². The van der Waals surface area contributed by atoms with Gasteiger partial charge < -0.3 is 5.73 Å². The van der Waals surface area contributed by atoms with E-state index in [1.807, 2.05) is 18.2 Å². The number of benzene rings is 1. The lowest BCUT2D eigenvalue weighted by molar-refractivity contribution is -0.117. The number of nitrogens with zero attached hydrogens (tertiary/aromatic N) is 2. The summed E-state index contributed by atoms with van der Waals surface area (Å²) in [6, 6.07) is 8.40. The lowest BCUT2D eigenvalue weighted by atomic mass is 10.1. The molecule has 0 saturated carbocycles. The van der Waals surface area contributed by atoms with E-state index in [0.29, 0.717) is 0 Å². The number of hydrogen-bond donors (Lipinski definition) is 3. The monoisotopic (exact) mass is 217 g/mol. The molecule has 4 N–H and O–H groups in total. The summed E-state index contributed by atoms with van der Waals surface area (Å²) in [5.41, 5.74) is 6.53. The summed E-state index contributed by atoms with van der Waals surface area (Å²) < 4.78 is 0. The molecule has 0 spiro atoms. The van der Waals surface area contributed by atoms with Crippen molar-refractivity contribution in [3.05, 3.63) is 42.2 Å². The van der Waals surface area contributed by atoms with Crippen molar-refractivity contribution in [3.8, 4) is 0 Å². The maximum Gasteiger partial charge on any atom is 0.248 e. The number of aromatic nitrogens is 3. The Morgan fingerprint density at radius 1 is 1.38 bits per heavy atom. The van der Waals surface area contributed by atoms with Gasteiger partial charge in [0, 0.05) is 0 Å². The van der Waals surface area contributed by atoms with E-state index in [4.69, 9.17) is 5.73 Å². The van der Waals surface area contributed by atoms with Gasteiger partial charge in [-0.05, 0) is 5.56 Å². The molecule has 1 heterocycles. The van der Waals surface area contributed by atoms with Crippen LogP contribution in [-0.4, -0.2) is 21.1 Å². The molecule has 6 nitrogen and oxygen atoms in total. The lowest BCUT2D eigenvalue weighted by Crippen LogP contribution is -2.28. The Hall–Kier alpha value is -2.21. The number of aromatic amines is 1. The third kappa shape index (κ3) is 2.23. The first-order valence-corrected chi connectivity index (χ1v) is 4.74. The Balaban J connectivity index is 2.05. The Labute approximate surface area is 91.9 Å². The minimum Gasteiger partial charge on any atom is -0.316 e. The van der Waals surface area contributed by atoms with E-state index < -0.39 is 6.04 Å². The molecule has 1 unspecified atom stereocenters. The van der Waals surface area contributed by atoms with Gasteiger partial charge in [0.1, 0.15) is 12.4 Å². The summed E-state index contributed by atoms with van der Waals surface area (Å²) in [7, 11) is 0. The number of rotatable bonds is 3. The van der Waals surface area contributed by atoms with Crippen molar-refractivity contribution in [3.63, 3.8) is 0 Å². The predicted molar refractivity (Wildman–Crippen MR) is 58.4 cm³/mol. The van der Waals surface area contributed by atoms with E-state index in [1.165, 1.54) is 6.33 Å². The van der Waals surface area contributed by atoms with Gasteiger partial charge >= 0.3 is 0 Å². The van der Waals surface area contributed by atoms with Crippen molar-refractivity contribution in [1.29, 1.82) is 0 Å². The molecular weight excluding hydrogens is 206 g/mol. The van der Waals surface area contributed by atoms with Gasteiger partial charge in [-0.15, -0.1) is 0 Å². The number of amides is 1. The van der Waals surface area contributed by atoms with Crippen molar-refractivity contribution >= 4 is 11.9 Å². The highest BCUT2D eigenvalue weighted by atomic mass is 16.2. The number of nitrogens with two attached hydrogens (primary N) is 1. The number of carbonyl (C=O) groups excluding carboxylic acids is 1. The largest absolute Gasteiger partial charge is 0.316 e. The van der Waals surface area contributed by atoms with Gasteiger partial charge in [-0.1, -0.05) is 30.3 Å². The molecule has 0 radical (unpaired) electrons. The molecule has 1 aromatic carbocycles. The number of anilines is 1. The molecule has 2 rings (SSSR count). The highest BCUT2D eigenvalue weighted by molar-refractivity contribution is 5.93. The molecule has 82 valence electrons. The number of H-pyrrole nitrogens is 1. The zero-order chi connectivity index (χ0) is 11.4. The van der Waals surface area contributed by atoms with Crippen LogP contribution in [0.2, 0.25) is 0 Å². The highest BCUT2D eigenvalue weighted by Crippen LogP contribution is 2.10. The van der Waals surface area contributed by atoms with Crippen molar-refractivity contribution in [1.82, 2.24) is 15.2 Å². The van der Waals surface area contributed by atoms with Gasteiger partial charge in [-0.3, -0.25) is 10.1 Å². The fraction of sp³-hybridized carbons (Fsp3) is 0.100. The Morgan fingerprint density at radius 3 is 2.75 bits per heavy atom. The average molecular weight is 217 g/mol. The van der Waals surface area contributed by atoms with Crippen molar-refractivity contribution in [2.75, 3.05) is 5.32 Å². The molecule has 0 fully saturated rings. The Morgan fingerprint density at radius 2 is 2.12 bits per heavy atom. The summed E-state index contributed by atoms with van der Waals surface area (Å²) >= 11 is 0.